The normalized spacial score (nSPS) is 18.7. The smallest absolute Gasteiger partial charge is 0.356 e. The summed E-state index contributed by atoms with van der Waals surface area (Å²) in [7, 11) is -1.61. The fourth-order valence-electron chi connectivity index (χ4n) is 2.50. The zero-order chi connectivity index (χ0) is 15.0. The molecule has 1 saturated heterocycles. The Morgan fingerprint density at radius 3 is 2.71 bits per heavy atom. The second-order valence-electron chi connectivity index (χ2n) is 5.07. The van der Waals surface area contributed by atoms with Gasteiger partial charge in [-0.25, -0.2) is 22.7 Å². The molecule has 0 atom stereocenters. The summed E-state index contributed by atoms with van der Waals surface area (Å²) in [6, 6.07) is 5.08. The van der Waals surface area contributed by atoms with Gasteiger partial charge in [-0.3, -0.25) is 0 Å². The summed E-state index contributed by atoms with van der Waals surface area (Å²) in [5.41, 5.74) is 0.860. The summed E-state index contributed by atoms with van der Waals surface area (Å²) in [5, 5.41) is 4.36. The van der Waals surface area contributed by atoms with E-state index in [4.69, 9.17) is 4.74 Å². The maximum atomic E-state index is 11.7. The zero-order valence-electron chi connectivity index (χ0n) is 11.5. The van der Waals surface area contributed by atoms with Crippen molar-refractivity contribution in [2.45, 2.75) is 18.8 Å². The lowest BCUT2D eigenvalue weighted by atomic mass is 10.0. The van der Waals surface area contributed by atoms with Gasteiger partial charge in [-0.05, 0) is 25.0 Å². The van der Waals surface area contributed by atoms with Crippen molar-refractivity contribution in [3.63, 3.8) is 0 Å². The standard InChI is InChI=1S/C13H15N3O4S/c1-20-13(17)10-3-2-4-11-14-12(15-16(10)11)9-5-7-21(18,19)8-6-9/h2-4,9H,5-8H2,1H3. The SMILES string of the molecule is COC(=O)c1cccc2nc(C3CCS(=O)(=O)CC3)nn12. The molecule has 0 radical (unpaired) electrons. The minimum absolute atomic E-state index is 0.0129. The predicted octanol–water partition coefficient (Wildman–Crippen LogP) is 0.808. The quantitative estimate of drug-likeness (QED) is 0.762. The van der Waals surface area contributed by atoms with E-state index in [2.05, 4.69) is 10.1 Å². The number of esters is 1. The van der Waals surface area contributed by atoms with Crippen LogP contribution >= 0.6 is 0 Å². The number of aromatic nitrogens is 3. The summed E-state index contributed by atoms with van der Waals surface area (Å²) in [4.78, 5) is 16.1. The molecule has 2 aromatic rings. The van der Waals surface area contributed by atoms with Gasteiger partial charge in [-0.2, -0.15) is 5.10 Å². The van der Waals surface area contributed by atoms with Crippen LogP contribution in [0.4, 0.5) is 0 Å². The topological polar surface area (TPSA) is 90.6 Å². The van der Waals surface area contributed by atoms with E-state index in [1.807, 2.05) is 0 Å². The summed E-state index contributed by atoms with van der Waals surface area (Å²) < 4.78 is 29.1. The Morgan fingerprint density at radius 2 is 2.05 bits per heavy atom. The van der Waals surface area contributed by atoms with Crippen LogP contribution in [0, 0.1) is 0 Å². The lowest BCUT2D eigenvalue weighted by Crippen LogP contribution is -2.22. The maximum Gasteiger partial charge on any atom is 0.356 e. The molecule has 0 amide bonds. The third kappa shape index (κ3) is 2.63. The van der Waals surface area contributed by atoms with Gasteiger partial charge in [0.25, 0.3) is 0 Å². The highest BCUT2D eigenvalue weighted by Crippen LogP contribution is 2.27. The number of hydrogen-bond donors (Lipinski definition) is 0. The van der Waals surface area contributed by atoms with Crippen molar-refractivity contribution < 1.29 is 17.9 Å². The molecule has 0 spiro atoms. The molecule has 1 aliphatic heterocycles. The number of sulfone groups is 1. The largest absolute Gasteiger partial charge is 0.464 e. The van der Waals surface area contributed by atoms with E-state index in [0.29, 0.717) is 30.0 Å². The number of fused-ring (bicyclic) bond motifs is 1. The number of carbonyl (C=O) groups is 1. The highest BCUT2D eigenvalue weighted by molar-refractivity contribution is 7.91. The second-order valence-corrected chi connectivity index (χ2v) is 7.37. The van der Waals surface area contributed by atoms with Crippen LogP contribution in [0.25, 0.3) is 5.65 Å². The van der Waals surface area contributed by atoms with Crippen molar-refractivity contribution in [3.8, 4) is 0 Å². The van der Waals surface area contributed by atoms with Crippen LogP contribution in [0.5, 0.6) is 0 Å². The van der Waals surface area contributed by atoms with Crippen molar-refractivity contribution in [2.24, 2.45) is 0 Å². The van der Waals surface area contributed by atoms with Gasteiger partial charge in [-0.1, -0.05) is 6.07 Å². The van der Waals surface area contributed by atoms with Crippen LogP contribution < -0.4 is 0 Å². The zero-order valence-corrected chi connectivity index (χ0v) is 12.3. The third-order valence-corrected chi connectivity index (χ3v) is 5.41. The van der Waals surface area contributed by atoms with Crippen molar-refractivity contribution >= 4 is 21.5 Å². The van der Waals surface area contributed by atoms with Gasteiger partial charge in [0.15, 0.2) is 17.2 Å². The van der Waals surface area contributed by atoms with Gasteiger partial charge < -0.3 is 4.74 Å². The third-order valence-electron chi connectivity index (χ3n) is 3.69. The van der Waals surface area contributed by atoms with Gasteiger partial charge in [0.05, 0.1) is 18.6 Å². The highest BCUT2D eigenvalue weighted by atomic mass is 32.2. The molecule has 0 saturated carbocycles. The van der Waals surface area contributed by atoms with Crippen LogP contribution in [0.2, 0.25) is 0 Å². The molecule has 3 heterocycles. The molecule has 21 heavy (non-hydrogen) atoms. The summed E-state index contributed by atoms with van der Waals surface area (Å²) in [5.74, 6) is 0.442. The lowest BCUT2D eigenvalue weighted by Gasteiger charge is -2.18. The number of carbonyl (C=O) groups excluding carboxylic acids is 1. The Labute approximate surface area is 121 Å². The predicted molar refractivity (Wildman–Crippen MR) is 75.0 cm³/mol. The molecular formula is C13H15N3O4S. The number of methoxy groups -OCH3 is 1. The Balaban J connectivity index is 1.97. The van der Waals surface area contributed by atoms with Crippen LogP contribution in [0.15, 0.2) is 18.2 Å². The van der Waals surface area contributed by atoms with E-state index in [0.717, 1.165) is 0 Å². The van der Waals surface area contributed by atoms with Crippen LogP contribution in [-0.4, -0.2) is 47.6 Å². The Morgan fingerprint density at radius 1 is 1.33 bits per heavy atom. The lowest BCUT2D eigenvalue weighted by molar-refractivity contribution is 0.0590. The van der Waals surface area contributed by atoms with Crippen LogP contribution in [0.1, 0.15) is 35.1 Å². The summed E-state index contributed by atoms with van der Waals surface area (Å²) >= 11 is 0. The fourth-order valence-corrected chi connectivity index (χ4v) is 3.99. The molecule has 7 nitrogen and oxygen atoms in total. The molecule has 3 rings (SSSR count). The van der Waals surface area contributed by atoms with E-state index in [-0.39, 0.29) is 17.4 Å². The average molecular weight is 309 g/mol. The van der Waals surface area contributed by atoms with Crippen molar-refractivity contribution in [2.75, 3.05) is 18.6 Å². The van der Waals surface area contributed by atoms with Gasteiger partial charge in [0.2, 0.25) is 0 Å². The van der Waals surface area contributed by atoms with Gasteiger partial charge in [-0.15, -0.1) is 0 Å². The summed E-state index contributed by atoms with van der Waals surface area (Å²) in [6.45, 7) is 0. The van der Waals surface area contributed by atoms with Crippen LogP contribution in [-0.2, 0) is 14.6 Å². The van der Waals surface area contributed by atoms with E-state index >= 15 is 0 Å². The molecule has 0 N–H and O–H groups in total. The van der Waals surface area contributed by atoms with E-state index in [9.17, 15) is 13.2 Å². The average Bonchev–Trinajstić information content (AvgIpc) is 2.90. The minimum atomic E-state index is -2.92. The molecule has 0 unspecified atom stereocenters. The number of pyridine rings is 1. The van der Waals surface area contributed by atoms with Crippen LogP contribution in [0.3, 0.4) is 0 Å². The maximum absolute atomic E-state index is 11.7. The molecule has 112 valence electrons. The molecule has 0 aliphatic carbocycles. The van der Waals surface area contributed by atoms with Crippen molar-refractivity contribution in [1.82, 2.24) is 14.6 Å². The van der Waals surface area contributed by atoms with Crippen molar-refractivity contribution in [1.29, 1.82) is 0 Å². The van der Waals surface area contributed by atoms with E-state index in [1.54, 1.807) is 18.2 Å². The first-order chi connectivity index (χ1) is 10.00. The van der Waals surface area contributed by atoms with Crippen molar-refractivity contribution in [3.05, 3.63) is 29.7 Å². The molecule has 8 heteroatoms. The monoisotopic (exact) mass is 309 g/mol. The number of rotatable bonds is 2. The number of hydrogen-bond acceptors (Lipinski definition) is 6. The Bertz CT molecular complexity index is 783. The first-order valence-corrected chi connectivity index (χ1v) is 8.47. The molecule has 1 aliphatic rings. The number of ether oxygens (including phenoxy) is 1. The van der Waals surface area contributed by atoms with Gasteiger partial charge >= 0.3 is 5.97 Å². The highest BCUT2D eigenvalue weighted by Gasteiger charge is 2.28. The first kappa shape index (κ1) is 14.0. The van der Waals surface area contributed by atoms with Gasteiger partial charge in [0, 0.05) is 5.92 Å². The number of nitrogens with zero attached hydrogens (tertiary/aromatic N) is 3. The van der Waals surface area contributed by atoms with Gasteiger partial charge in [0.1, 0.15) is 9.84 Å². The first-order valence-electron chi connectivity index (χ1n) is 6.64. The molecule has 1 fully saturated rings. The molecule has 2 aromatic heterocycles. The Kier molecular flexibility index (Phi) is 3.40. The fraction of sp³-hybridized carbons (Fsp3) is 0.462. The second kappa shape index (κ2) is 5.10. The minimum Gasteiger partial charge on any atom is -0.464 e. The Hall–Kier alpha value is -1.96. The summed E-state index contributed by atoms with van der Waals surface area (Å²) in [6.07, 6.45) is 1.04. The molecule has 0 aromatic carbocycles. The molecular weight excluding hydrogens is 294 g/mol. The molecule has 0 bridgehead atoms. The van der Waals surface area contributed by atoms with E-state index in [1.165, 1.54) is 11.6 Å². The van der Waals surface area contributed by atoms with E-state index < -0.39 is 15.8 Å².